The first-order valence-electron chi connectivity index (χ1n) is 5.46. The maximum atomic E-state index is 11.8. The monoisotopic (exact) mass is 285 g/mol. The lowest BCUT2D eigenvalue weighted by atomic mass is 10.1. The van der Waals surface area contributed by atoms with Crippen LogP contribution in [0.1, 0.15) is 5.56 Å². The van der Waals surface area contributed by atoms with Gasteiger partial charge in [0.05, 0.1) is 5.25 Å². The molecule has 0 aromatic heterocycles. The van der Waals surface area contributed by atoms with Crippen LogP contribution in [0.5, 0.6) is 0 Å². The number of amides is 1. The average Bonchev–Trinajstić information content (AvgIpc) is 2.34. The summed E-state index contributed by atoms with van der Waals surface area (Å²) in [5.41, 5.74) is 0.903. The van der Waals surface area contributed by atoms with Crippen LogP contribution in [-0.4, -0.2) is 34.0 Å². The summed E-state index contributed by atoms with van der Waals surface area (Å²) >= 11 is 7.39. The van der Waals surface area contributed by atoms with Gasteiger partial charge in [0.2, 0.25) is 5.91 Å². The second-order valence-corrected chi connectivity index (χ2v) is 5.66. The fourth-order valence-corrected chi connectivity index (χ4v) is 3.12. The molecule has 1 saturated heterocycles. The van der Waals surface area contributed by atoms with E-state index in [1.165, 1.54) is 11.8 Å². The molecule has 0 bridgehead atoms. The first kappa shape index (κ1) is 13.2. The van der Waals surface area contributed by atoms with Gasteiger partial charge in [0.15, 0.2) is 0 Å². The molecule has 0 aliphatic carbocycles. The van der Waals surface area contributed by atoms with E-state index in [1.807, 2.05) is 18.2 Å². The third kappa shape index (κ3) is 2.97. The van der Waals surface area contributed by atoms with Crippen LogP contribution >= 0.6 is 23.4 Å². The number of carboxylic acid groups (broad SMARTS) is 1. The number of benzene rings is 1. The normalized spacial score (nSPS) is 23.5. The second kappa shape index (κ2) is 5.63. The lowest BCUT2D eigenvalue weighted by Crippen LogP contribution is -2.51. The van der Waals surface area contributed by atoms with Crippen LogP contribution in [0.3, 0.4) is 0 Å². The molecule has 1 aromatic rings. The third-order valence-corrected chi connectivity index (χ3v) is 4.41. The minimum absolute atomic E-state index is 0.237. The Kier molecular flexibility index (Phi) is 4.14. The molecule has 1 heterocycles. The second-order valence-electron chi connectivity index (χ2n) is 4.02. The van der Waals surface area contributed by atoms with E-state index < -0.39 is 12.0 Å². The molecule has 0 radical (unpaired) electrons. The molecule has 0 saturated carbocycles. The molecule has 6 heteroatoms. The molecule has 2 rings (SSSR count). The first-order chi connectivity index (χ1) is 8.58. The molecule has 0 spiro atoms. The van der Waals surface area contributed by atoms with Crippen LogP contribution in [0.2, 0.25) is 5.02 Å². The SMILES string of the molecule is O=C(O)[C@H]1CS[C@H](Cc2ccccc2Cl)C(=O)N1. The van der Waals surface area contributed by atoms with Crippen molar-refractivity contribution in [2.24, 2.45) is 0 Å². The number of carbonyl (C=O) groups is 2. The highest BCUT2D eigenvalue weighted by atomic mass is 35.5. The molecule has 18 heavy (non-hydrogen) atoms. The van der Waals surface area contributed by atoms with Gasteiger partial charge in [0.25, 0.3) is 0 Å². The Morgan fingerprint density at radius 3 is 2.83 bits per heavy atom. The summed E-state index contributed by atoms with van der Waals surface area (Å²) in [5.74, 6) is -0.846. The van der Waals surface area contributed by atoms with Crippen molar-refractivity contribution in [3.05, 3.63) is 34.9 Å². The van der Waals surface area contributed by atoms with E-state index in [-0.39, 0.29) is 11.2 Å². The van der Waals surface area contributed by atoms with Crippen molar-refractivity contribution >= 4 is 35.2 Å². The van der Waals surface area contributed by atoms with Gasteiger partial charge in [-0.3, -0.25) is 4.79 Å². The van der Waals surface area contributed by atoms with Crippen molar-refractivity contribution in [1.82, 2.24) is 5.32 Å². The van der Waals surface area contributed by atoms with Crippen LogP contribution < -0.4 is 5.32 Å². The van der Waals surface area contributed by atoms with Crippen molar-refractivity contribution < 1.29 is 14.7 Å². The molecular formula is C12H12ClNO3S. The van der Waals surface area contributed by atoms with Gasteiger partial charge < -0.3 is 10.4 Å². The van der Waals surface area contributed by atoms with Crippen molar-refractivity contribution in [3.63, 3.8) is 0 Å². The van der Waals surface area contributed by atoms with Crippen molar-refractivity contribution in [3.8, 4) is 0 Å². The van der Waals surface area contributed by atoms with E-state index in [1.54, 1.807) is 6.07 Å². The largest absolute Gasteiger partial charge is 0.480 e. The third-order valence-electron chi connectivity index (χ3n) is 2.73. The summed E-state index contributed by atoms with van der Waals surface area (Å²) in [5, 5.41) is 11.7. The minimum atomic E-state index is -0.993. The quantitative estimate of drug-likeness (QED) is 0.885. The predicted octanol–water partition coefficient (Wildman–Crippen LogP) is 1.57. The molecule has 1 aliphatic heterocycles. The molecule has 1 amide bonds. The lowest BCUT2D eigenvalue weighted by molar-refractivity contribution is -0.141. The number of halogens is 1. The highest BCUT2D eigenvalue weighted by Gasteiger charge is 2.32. The van der Waals surface area contributed by atoms with Gasteiger partial charge in [-0.05, 0) is 18.1 Å². The number of carbonyl (C=O) groups excluding carboxylic acids is 1. The number of nitrogens with one attached hydrogen (secondary N) is 1. The summed E-state index contributed by atoms with van der Waals surface area (Å²) in [6.45, 7) is 0. The fourth-order valence-electron chi connectivity index (χ4n) is 1.74. The fraction of sp³-hybridized carbons (Fsp3) is 0.333. The molecule has 96 valence electrons. The highest BCUT2D eigenvalue weighted by molar-refractivity contribution is 8.00. The number of hydrogen-bond acceptors (Lipinski definition) is 3. The van der Waals surface area contributed by atoms with Crippen molar-refractivity contribution in [2.45, 2.75) is 17.7 Å². The summed E-state index contributed by atoms with van der Waals surface area (Å²) in [6, 6.07) is 6.57. The summed E-state index contributed by atoms with van der Waals surface area (Å²) in [6.07, 6.45) is 0.516. The van der Waals surface area contributed by atoms with Crippen LogP contribution in [0, 0.1) is 0 Å². The molecule has 1 fully saturated rings. The number of aliphatic carboxylic acids is 1. The van der Waals surface area contributed by atoms with Gasteiger partial charge in [-0.25, -0.2) is 4.79 Å². The van der Waals surface area contributed by atoms with Gasteiger partial charge in [-0.15, -0.1) is 11.8 Å². The maximum Gasteiger partial charge on any atom is 0.327 e. The van der Waals surface area contributed by atoms with Crippen LogP contribution in [0.4, 0.5) is 0 Å². The zero-order valence-electron chi connectivity index (χ0n) is 9.43. The van der Waals surface area contributed by atoms with Gasteiger partial charge in [0, 0.05) is 10.8 Å². The Bertz CT molecular complexity index is 480. The zero-order chi connectivity index (χ0) is 13.1. The Hall–Kier alpha value is -1.20. The minimum Gasteiger partial charge on any atom is -0.480 e. The lowest BCUT2D eigenvalue weighted by Gasteiger charge is -2.26. The predicted molar refractivity (Wildman–Crippen MR) is 71.0 cm³/mol. The van der Waals surface area contributed by atoms with Crippen LogP contribution in [0.25, 0.3) is 0 Å². The molecule has 4 nitrogen and oxygen atoms in total. The molecule has 2 N–H and O–H groups in total. The van der Waals surface area contributed by atoms with E-state index >= 15 is 0 Å². The van der Waals surface area contributed by atoms with E-state index in [4.69, 9.17) is 16.7 Å². The van der Waals surface area contributed by atoms with E-state index in [9.17, 15) is 9.59 Å². The number of thioether (sulfide) groups is 1. The molecule has 1 aliphatic rings. The molecule has 0 unspecified atom stereocenters. The highest BCUT2D eigenvalue weighted by Crippen LogP contribution is 2.25. The molecule has 1 aromatic carbocycles. The van der Waals surface area contributed by atoms with E-state index in [2.05, 4.69) is 5.32 Å². The number of hydrogen-bond donors (Lipinski definition) is 2. The Morgan fingerprint density at radius 1 is 1.50 bits per heavy atom. The van der Waals surface area contributed by atoms with Gasteiger partial charge in [-0.2, -0.15) is 0 Å². The van der Waals surface area contributed by atoms with Gasteiger partial charge >= 0.3 is 5.97 Å². The Balaban J connectivity index is 2.02. The molecule has 2 atom stereocenters. The van der Waals surface area contributed by atoms with Gasteiger partial charge in [-0.1, -0.05) is 29.8 Å². The van der Waals surface area contributed by atoms with E-state index in [0.717, 1.165) is 5.56 Å². The van der Waals surface area contributed by atoms with Crippen LogP contribution in [0.15, 0.2) is 24.3 Å². The van der Waals surface area contributed by atoms with E-state index in [0.29, 0.717) is 17.2 Å². The average molecular weight is 286 g/mol. The van der Waals surface area contributed by atoms with Crippen molar-refractivity contribution in [1.29, 1.82) is 0 Å². The van der Waals surface area contributed by atoms with Crippen molar-refractivity contribution in [2.75, 3.05) is 5.75 Å². The summed E-state index contributed by atoms with van der Waals surface area (Å²) in [4.78, 5) is 22.6. The van der Waals surface area contributed by atoms with Crippen LogP contribution in [-0.2, 0) is 16.0 Å². The standard InChI is InChI=1S/C12H12ClNO3S/c13-8-4-2-1-3-7(8)5-10-11(15)14-9(6-18-10)12(16)17/h1-4,9-10H,5-6H2,(H,14,15)(H,16,17)/t9-,10-/m1/s1. The Labute approximate surface area is 114 Å². The first-order valence-corrected chi connectivity index (χ1v) is 6.89. The zero-order valence-corrected chi connectivity index (χ0v) is 11.0. The topological polar surface area (TPSA) is 66.4 Å². The molecular weight excluding hydrogens is 274 g/mol. The number of rotatable bonds is 3. The van der Waals surface area contributed by atoms with Gasteiger partial charge in [0.1, 0.15) is 6.04 Å². The summed E-state index contributed by atoms with van der Waals surface area (Å²) in [7, 11) is 0. The summed E-state index contributed by atoms with van der Waals surface area (Å²) < 4.78 is 0. The Morgan fingerprint density at radius 2 is 2.22 bits per heavy atom. The maximum absolute atomic E-state index is 11.8. The smallest absolute Gasteiger partial charge is 0.327 e. The number of carboxylic acids is 1.